The molecule has 2 nitrogen and oxygen atoms in total. The second-order valence-electron chi connectivity index (χ2n) is 5.13. The highest BCUT2D eigenvalue weighted by Gasteiger charge is 2.22. The number of rotatable bonds is 1. The van der Waals surface area contributed by atoms with Crippen LogP contribution in [0, 0.1) is 11.8 Å². The van der Waals surface area contributed by atoms with Gasteiger partial charge in [-0.2, -0.15) is 0 Å². The number of aliphatic hydroxyl groups excluding tert-OH is 1. The molecule has 0 saturated carbocycles. The number of hydrogen-bond acceptors (Lipinski definition) is 2. The van der Waals surface area contributed by atoms with Gasteiger partial charge < -0.3 is 5.11 Å². The molecule has 1 aliphatic carbocycles. The minimum atomic E-state index is -0.717. The maximum absolute atomic E-state index is 11.7. The molecule has 0 aromatic rings. The third-order valence-corrected chi connectivity index (χ3v) is 3.36. The molecule has 0 aromatic heterocycles. The molecule has 0 radical (unpaired) electrons. The number of carbonyl (C=O) groups is 1. The van der Waals surface area contributed by atoms with Crippen LogP contribution in [-0.2, 0) is 4.79 Å². The van der Waals surface area contributed by atoms with E-state index in [0.717, 1.165) is 5.57 Å². The molecule has 1 rings (SSSR count). The molecule has 0 unspecified atom stereocenters. The molecule has 0 heterocycles. The van der Waals surface area contributed by atoms with Crippen LogP contribution in [0.25, 0.3) is 0 Å². The van der Waals surface area contributed by atoms with Gasteiger partial charge in [0.05, 0.1) is 6.10 Å². The second-order valence-corrected chi connectivity index (χ2v) is 5.13. The van der Waals surface area contributed by atoms with Gasteiger partial charge in [-0.15, -0.1) is 0 Å². The van der Waals surface area contributed by atoms with E-state index in [1.165, 1.54) is 0 Å². The number of aliphatic hydroxyl groups is 1. The fraction of sp³-hybridized carbons (Fsp3) is 0.533. The van der Waals surface area contributed by atoms with Crippen molar-refractivity contribution >= 4 is 5.78 Å². The Labute approximate surface area is 104 Å². The highest BCUT2D eigenvalue weighted by Crippen LogP contribution is 2.25. The molecular weight excluding hydrogens is 212 g/mol. The van der Waals surface area contributed by atoms with Gasteiger partial charge in [0.15, 0.2) is 5.78 Å². The standard InChI is InChI=1S/C15H22O2/c1-10(2)13-7-5-11(3)6-8-14(16)12(4)15(17)9-13/h5,7,10,13,15,17H,3-4,6,8-9H2,1-2H3/b7-5+/t13-,15-/m1/s1. The van der Waals surface area contributed by atoms with E-state index >= 15 is 0 Å². The van der Waals surface area contributed by atoms with Crippen LogP contribution >= 0.6 is 0 Å². The highest BCUT2D eigenvalue weighted by molar-refractivity contribution is 5.95. The quantitative estimate of drug-likeness (QED) is 0.708. The van der Waals surface area contributed by atoms with Crippen molar-refractivity contribution in [3.8, 4) is 0 Å². The van der Waals surface area contributed by atoms with Gasteiger partial charge in [0.2, 0.25) is 0 Å². The van der Waals surface area contributed by atoms with Gasteiger partial charge in [-0.1, -0.05) is 44.7 Å². The molecule has 17 heavy (non-hydrogen) atoms. The maximum atomic E-state index is 11.7. The predicted molar refractivity (Wildman–Crippen MR) is 70.6 cm³/mol. The van der Waals surface area contributed by atoms with Crippen molar-refractivity contribution in [3.05, 3.63) is 36.5 Å². The molecule has 94 valence electrons. The van der Waals surface area contributed by atoms with Crippen LogP contribution in [0.3, 0.4) is 0 Å². The van der Waals surface area contributed by atoms with E-state index in [1.807, 2.05) is 6.08 Å². The molecule has 0 aromatic carbocycles. The Morgan fingerprint density at radius 3 is 2.59 bits per heavy atom. The van der Waals surface area contributed by atoms with Gasteiger partial charge >= 0.3 is 0 Å². The third-order valence-electron chi connectivity index (χ3n) is 3.36. The summed E-state index contributed by atoms with van der Waals surface area (Å²) in [5.41, 5.74) is 1.31. The summed E-state index contributed by atoms with van der Waals surface area (Å²) in [5, 5.41) is 9.98. The van der Waals surface area contributed by atoms with Gasteiger partial charge in [0, 0.05) is 12.0 Å². The molecular formula is C15H22O2. The Hall–Kier alpha value is -1.15. The van der Waals surface area contributed by atoms with Gasteiger partial charge in [0.25, 0.3) is 0 Å². The van der Waals surface area contributed by atoms with E-state index in [4.69, 9.17) is 0 Å². The zero-order valence-corrected chi connectivity index (χ0v) is 10.8. The molecule has 0 aliphatic heterocycles. The van der Waals surface area contributed by atoms with E-state index in [9.17, 15) is 9.90 Å². The van der Waals surface area contributed by atoms with E-state index in [0.29, 0.717) is 30.8 Å². The van der Waals surface area contributed by atoms with Crippen LogP contribution in [0.15, 0.2) is 36.5 Å². The van der Waals surface area contributed by atoms with Crippen LogP contribution in [0.4, 0.5) is 0 Å². The lowest BCUT2D eigenvalue weighted by atomic mass is 9.85. The largest absolute Gasteiger partial charge is 0.388 e. The second kappa shape index (κ2) is 5.97. The predicted octanol–water partition coefficient (Wildman–Crippen LogP) is 3.04. The van der Waals surface area contributed by atoms with Crippen molar-refractivity contribution in [2.24, 2.45) is 11.8 Å². The van der Waals surface area contributed by atoms with Crippen LogP contribution in [0.1, 0.15) is 33.1 Å². The first-order chi connectivity index (χ1) is 7.91. The lowest BCUT2D eigenvalue weighted by Crippen LogP contribution is -2.23. The Morgan fingerprint density at radius 2 is 2.00 bits per heavy atom. The van der Waals surface area contributed by atoms with Crippen LogP contribution < -0.4 is 0 Å². The first-order valence-corrected chi connectivity index (χ1v) is 6.18. The summed E-state index contributed by atoms with van der Waals surface area (Å²) in [7, 11) is 0. The van der Waals surface area contributed by atoms with Crippen molar-refractivity contribution in [2.45, 2.75) is 39.2 Å². The summed E-state index contributed by atoms with van der Waals surface area (Å²) in [5.74, 6) is 0.636. The molecule has 0 bridgehead atoms. The Morgan fingerprint density at radius 1 is 1.35 bits per heavy atom. The fourth-order valence-corrected chi connectivity index (χ4v) is 1.94. The lowest BCUT2D eigenvalue weighted by Gasteiger charge is -2.23. The van der Waals surface area contributed by atoms with Crippen LogP contribution in [0.5, 0.6) is 0 Å². The zero-order valence-electron chi connectivity index (χ0n) is 10.8. The summed E-state index contributed by atoms with van der Waals surface area (Å²) in [4.78, 5) is 11.7. The first kappa shape index (κ1) is 13.9. The normalized spacial score (nSPS) is 29.5. The van der Waals surface area contributed by atoms with Crippen LogP contribution in [-0.4, -0.2) is 17.0 Å². The van der Waals surface area contributed by atoms with Crippen molar-refractivity contribution in [3.63, 3.8) is 0 Å². The van der Waals surface area contributed by atoms with Crippen molar-refractivity contribution < 1.29 is 9.90 Å². The zero-order chi connectivity index (χ0) is 13.0. The monoisotopic (exact) mass is 234 g/mol. The minimum Gasteiger partial charge on any atom is -0.388 e. The summed E-state index contributed by atoms with van der Waals surface area (Å²) >= 11 is 0. The molecule has 1 aliphatic rings. The molecule has 2 atom stereocenters. The van der Waals surface area contributed by atoms with Gasteiger partial charge in [-0.25, -0.2) is 0 Å². The smallest absolute Gasteiger partial charge is 0.161 e. The highest BCUT2D eigenvalue weighted by atomic mass is 16.3. The van der Waals surface area contributed by atoms with Gasteiger partial charge in [-0.05, 0) is 24.7 Å². The first-order valence-electron chi connectivity index (χ1n) is 6.18. The fourth-order valence-electron chi connectivity index (χ4n) is 1.94. The van der Waals surface area contributed by atoms with Crippen molar-refractivity contribution in [2.75, 3.05) is 0 Å². The molecule has 0 fully saturated rings. The Balaban J connectivity index is 2.91. The van der Waals surface area contributed by atoms with E-state index < -0.39 is 6.10 Å². The van der Waals surface area contributed by atoms with Crippen molar-refractivity contribution in [1.29, 1.82) is 0 Å². The topological polar surface area (TPSA) is 37.3 Å². The van der Waals surface area contributed by atoms with Crippen molar-refractivity contribution in [1.82, 2.24) is 0 Å². The van der Waals surface area contributed by atoms with E-state index in [2.05, 4.69) is 33.1 Å². The molecule has 0 amide bonds. The average Bonchev–Trinajstić information content (AvgIpc) is 2.28. The summed E-state index contributed by atoms with van der Waals surface area (Å²) < 4.78 is 0. The lowest BCUT2D eigenvalue weighted by molar-refractivity contribution is -0.116. The molecule has 0 spiro atoms. The summed E-state index contributed by atoms with van der Waals surface area (Å²) in [6, 6.07) is 0. The molecule has 1 N–H and O–H groups in total. The number of ketones is 1. The number of hydrogen-bond donors (Lipinski definition) is 1. The molecule has 0 saturated heterocycles. The molecule has 2 heteroatoms. The third kappa shape index (κ3) is 3.97. The summed E-state index contributed by atoms with van der Waals surface area (Å²) in [6.07, 6.45) is 4.97. The van der Waals surface area contributed by atoms with Gasteiger partial charge in [-0.3, -0.25) is 4.79 Å². The Bertz CT molecular complexity index is 350. The SMILES string of the molecule is C=C1/C=C/[C@@H](C(C)C)C[C@@H](O)C(=C)C(=O)CC1. The number of carbonyl (C=O) groups excluding carboxylic acids is 1. The van der Waals surface area contributed by atoms with E-state index in [-0.39, 0.29) is 11.7 Å². The number of allylic oxidation sites excluding steroid dienone is 3. The van der Waals surface area contributed by atoms with Gasteiger partial charge in [0.1, 0.15) is 0 Å². The number of Topliss-reactive ketones (excluding diaryl/α,β-unsaturated/α-hetero) is 1. The Kier molecular flexibility index (Phi) is 4.88. The van der Waals surface area contributed by atoms with Crippen LogP contribution in [0.2, 0.25) is 0 Å². The minimum absolute atomic E-state index is 0.0449. The average molecular weight is 234 g/mol. The maximum Gasteiger partial charge on any atom is 0.161 e. The van der Waals surface area contributed by atoms with E-state index in [1.54, 1.807) is 0 Å². The summed E-state index contributed by atoms with van der Waals surface area (Å²) in [6.45, 7) is 11.9.